The molecule has 1 aromatic carbocycles. The number of hydrogen-bond acceptors (Lipinski definition) is 3. The first-order chi connectivity index (χ1) is 6.33. The standard InChI is InChI=1S/C10H11NOS/c11-6-1-2-7-13-10-5-3-4-9(12)8-10/h3-5,8,12H,1-2,7H2. The van der Waals surface area contributed by atoms with Crippen LogP contribution in [0.1, 0.15) is 12.8 Å². The minimum atomic E-state index is 0.297. The van der Waals surface area contributed by atoms with Gasteiger partial charge in [-0.1, -0.05) is 6.07 Å². The van der Waals surface area contributed by atoms with Crippen molar-refractivity contribution in [1.82, 2.24) is 0 Å². The van der Waals surface area contributed by atoms with Gasteiger partial charge >= 0.3 is 0 Å². The maximum absolute atomic E-state index is 9.15. The zero-order valence-electron chi connectivity index (χ0n) is 7.23. The molecule has 1 N–H and O–H groups in total. The van der Waals surface area contributed by atoms with Crippen LogP contribution >= 0.6 is 11.8 Å². The topological polar surface area (TPSA) is 44.0 Å². The molecule has 0 fully saturated rings. The van der Waals surface area contributed by atoms with E-state index in [0.717, 1.165) is 17.1 Å². The van der Waals surface area contributed by atoms with Crippen molar-refractivity contribution < 1.29 is 5.11 Å². The fourth-order valence-corrected chi connectivity index (χ4v) is 1.82. The number of phenols is 1. The summed E-state index contributed by atoms with van der Waals surface area (Å²) in [6, 6.07) is 9.26. The van der Waals surface area contributed by atoms with Gasteiger partial charge < -0.3 is 5.11 Å². The smallest absolute Gasteiger partial charge is 0.116 e. The van der Waals surface area contributed by atoms with Crippen molar-refractivity contribution in [2.45, 2.75) is 17.7 Å². The normalized spacial score (nSPS) is 9.46. The van der Waals surface area contributed by atoms with Crippen LogP contribution in [0.3, 0.4) is 0 Å². The van der Waals surface area contributed by atoms with Crippen molar-refractivity contribution in [2.24, 2.45) is 0 Å². The average molecular weight is 193 g/mol. The Hall–Kier alpha value is -1.14. The van der Waals surface area contributed by atoms with E-state index in [2.05, 4.69) is 6.07 Å². The van der Waals surface area contributed by atoms with Crippen LogP contribution in [0.15, 0.2) is 29.2 Å². The predicted molar refractivity (Wildman–Crippen MR) is 53.7 cm³/mol. The van der Waals surface area contributed by atoms with Gasteiger partial charge in [0.2, 0.25) is 0 Å². The Bertz CT molecular complexity index is 306. The van der Waals surface area contributed by atoms with Crippen LogP contribution < -0.4 is 0 Å². The van der Waals surface area contributed by atoms with Crippen molar-refractivity contribution in [3.63, 3.8) is 0 Å². The summed E-state index contributed by atoms with van der Waals surface area (Å²) in [6.45, 7) is 0. The highest BCUT2D eigenvalue weighted by Gasteiger charge is 1.94. The quantitative estimate of drug-likeness (QED) is 0.590. The molecule has 0 radical (unpaired) electrons. The molecule has 1 aromatic rings. The fourth-order valence-electron chi connectivity index (χ4n) is 0.915. The summed E-state index contributed by atoms with van der Waals surface area (Å²) in [5.74, 6) is 1.22. The number of thioether (sulfide) groups is 1. The summed E-state index contributed by atoms with van der Waals surface area (Å²) < 4.78 is 0. The van der Waals surface area contributed by atoms with Crippen LogP contribution in [0, 0.1) is 11.3 Å². The highest BCUT2D eigenvalue weighted by Crippen LogP contribution is 2.22. The second-order valence-electron chi connectivity index (χ2n) is 2.61. The molecule has 0 saturated heterocycles. The van der Waals surface area contributed by atoms with Gasteiger partial charge in [-0.05, 0) is 30.4 Å². The minimum Gasteiger partial charge on any atom is -0.508 e. The summed E-state index contributed by atoms with van der Waals surface area (Å²) in [5, 5.41) is 17.5. The van der Waals surface area contributed by atoms with E-state index < -0.39 is 0 Å². The Labute approximate surface area is 82.2 Å². The fraction of sp³-hybridized carbons (Fsp3) is 0.300. The number of aromatic hydroxyl groups is 1. The molecular weight excluding hydrogens is 182 g/mol. The van der Waals surface area contributed by atoms with Crippen LogP contribution in [0.4, 0.5) is 0 Å². The molecule has 0 bridgehead atoms. The molecule has 0 saturated carbocycles. The van der Waals surface area contributed by atoms with Gasteiger partial charge in [-0.15, -0.1) is 11.8 Å². The number of nitriles is 1. The highest BCUT2D eigenvalue weighted by molar-refractivity contribution is 7.99. The van der Waals surface area contributed by atoms with Gasteiger partial charge in [-0.25, -0.2) is 0 Å². The van der Waals surface area contributed by atoms with E-state index in [9.17, 15) is 0 Å². The van der Waals surface area contributed by atoms with Gasteiger partial charge in [0.15, 0.2) is 0 Å². The van der Waals surface area contributed by atoms with Crippen molar-refractivity contribution in [3.05, 3.63) is 24.3 Å². The molecule has 0 amide bonds. The summed E-state index contributed by atoms with van der Waals surface area (Å²) in [7, 11) is 0. The van der Waals surface area contributed by atoms with Crippen molar-refractivity contribution in [2.75, 3.05) is 5.75 Å². The monoisotopic (exact) mass is 193 g/mol. The molecule has 0 spiro atoms. The molecule has 0 unspecified atom stereocenters. The SMILES string of the molecule is N#CCCCSc1cccc(O)c1. The van der Waals surface area contributed by atoms with Gasteiger partial charge in [-0.3, -0.25) is 0 Å². The van der Waals surface area contributed by atoms with E-state index >= 15 is 0 Å². The lowest BCUT2D eigenvalue weighted by molar-refractivity contribution is 0.474. The Morgan fingerprint density at radius 3 is 3.00 bits per heavy atom. The molecule has 0 aliphatic heterocycles. The predicted octanol–water partition coefficient (Wildman–Crippen LogP) is 2.79. The number of phenolic OH excluding ortho intramolecular Hbond substituents is 1. The zero-order chi connectivity index (χ0) is 9.52. The van der Waals surface area contributed by atoms with Crippen molar-refractivity contribution in [1.29, 1.82) is 5.26 Å². The highest BCUT2D eigenvalue weighted by atomic mass is 32.2. The van der Waals surface area contributed by atoms with Crippen LogP contribution in [0.25, 0.3) is 0 Å². The van der Waals surface area contributed by atoms with E-state index in [1.165, 1.54) is 0 Å². The third kappa shape index (κ3) is 3.86. The zero-order valence-corrected chi connectivity index (χ0v) is 8.05. The van der Waals surface area contributed by atoms with Gasteiger partial charge in [0, 0.05) is 11.3 Å². The molecule has 1 rings (SSSR count). The van der Waals surface area contributed by atoms with E-state index in [4.69, 9.17) is 10.4 Å². The lowest BCUT2D eigenvalue weighted by Crippen LogP contribution is -1.78. The summed E-state index contributed by atoms with van der Waals surface area (Å²) in [4.78, 5) is 1.05. The summed E-state index contributed by atoms with van der Waals surface area (Å²) >= 11 is 1.66. The lowest BCUT2D eigenvalue weighted by atomic mass is 10.3. The summed E-state index contributed by atoms with van der Waals surface area (Å²) in [6.07, 6.45) is 1.50. The van der Waals surface area contributed by atoms with Gasteiger partial charge in [-0.2, -0.15) is 5.26 Å². The number of nitrogens with zero attached hydrogens (tertiary/aromatic N) is 1. The number of rotatable bonds is 4. The minimum absolute atomic E-state index is 0.297. The van der Waals surface area contributed by atoms with Crippen molar-refractivity contribution >= 4 is 11.8 Å². The first-order valence-electron chi connectivity index (χ1n) is 4.11. The average Bonchev–Trinajstić information content (AvgIpc) is 2.13. The number of unbranched alkanes of at least 4 members (excludes halogenated alkanes) is 1. The molecular formula is C10H11NOS. The maximum Gasteiger partial charge on any atom is 0.116 e. The first-order valence-corrected chi connectivity index (χ1v) is 5.10. The molecule has 0 heterocycles. The molecule has 68 valence electrons. The number of hydrogen-bond donors (Lipinski definition) is 1. The lowest BCUT2D eigenvalue weighted by Gasteiger charge is -1.99. The maximum atomic E-state index is 9.15. The van der Waals surface area contributed by atoms with Gasteiger partial charge in [0.05, 0.1) is 6.07 Å². The summed E-state index contributed by atoms with van der Waals surface area (Å²) in [5.41, 5.74) is 0. The van der Waals surface area contributed by atoms with E-state index in [-0.39, 0.29) is 0 Å². The van der Waals surface area contributed by atoms with Crippen LogP contribution in [-0.4, -0.2) is 10.9 Å². The van der Waals surface area contributed by atoms with E-state index in [1.807, 2.05) is 12.1 Å². The molecule has 0 aliphatic rings. The molecule has 0 aliphatic carbocycles. The second kappa shape index (κ2) is 5.50. The molecule has 0 atom stereocenters. The Balaban J connectivity index is 2.33. The van der Waals surface area contributed by atoms with Crippen LogP contribution in [-0.2, 0) is 0 Å². The largest absolute Gasteiger partial charge is 0.508 e. The Morgan fingerprint density at radius 1 is 1.46 bits per heavy atom. The second-order valence-corrected chi connectivity index (χ2v) is 3.78. The van der Waals surface area contributed by atoms with E-state index in [0.29, 0.717) is 12.2 Å². The van der Waals surface area contributed by atoms with Crippen LogP contribution in [0.5, 0.6) is 5.75 Å². The third-order valence-electron chi connectivity index (χ3n) is 1.52. The van der Waals surface area contributed by atoms with Crippen LogP contribution in [0.2, 0.25) is 0 Å². The van der Waals surface area contributed by atoms with E-state index in [1.54, 1.807) is 23.9 Å². The third-order valence-corrected chi connectivity index (χ3v) is 2.60. The van der Waals surface area contributed by atoms with Crippen molar-refractivity contribution in [3.8, 4) is 11.8 Å². The molecule has 3 heteroatoms. The van der Waals surface area contributed by atoms with Gasteiger partial charge in [0.1, 0.15) is 5.75 Å². The molecule has 2 nitrogen and oxygen atoms in total. The first kappa shape index (κ1) is 9.94. The molecule has 0 aromatic heterocycles. The Kier molecular flexibility index (Phi) is 4.20. The number of benzene rings is 1. The molecule has 13 heavy (non-hydrogen) atoms. The Morgan fingerprint density at radius 2 is 2.31 bits per heavy atom. The van der Waals surface area contributed by atoms with Gasteiger partial charge in [0.25, 0.3) is 0 Å².